The quantitative estimate of drug-likeness (QED) is 0.713. The highest BCUT2D eigenvalue weighted by molar-refractivity contribution is 5.35. The van der Waals surface area contributed by atoms with Gasteiger partial charge in [-0.3, -0.25) is 0 Å². The highest BCUT2D eigenvalue weighted by Crippen LogP contribution is 2.25. The highest BCUT2D eigenvalue weighted by Gasteiger charge is 2.09. The molecule has 1 atom stereocenters. The Kier molecular flexibility index (Phi) is 5.94. The average Bonchev–Trinajstić information content (AvgIpc) is 2.34. The van der Waals surface area contributed by atoms with E-state index in [2.05, 4.69) is 19.9 Å². The lowest BCUT2D eigenvalue weighted by Gasteiger charge is -2.15. The van der Waals surface area contributed by atoms with E-state index in [1.54, 1.807) is 0 Å². The third kappa shape index (κ3) is 3.86. The van der Waals surface area contributed by atoms with E-state index in [9.17, 15) is 0 Å². The summed E-state index contributed by atoms with van der Waals surface area (Å²) in [5.74, 6) is 0.952. The summed E-state index contributed by atoms with van der Waals surface area (Å²) in [6.45, 7) is 5.08. The maximum atomic E-state index is 6.05. The summed E-state index contributed by atoms with van der Waals surface area (Å²) < 4.78 is 5.78. The van der Waals surface area contributed by atoms with E-state index < -0.39 is 0 Å². The number of ether oxygens (including phenoxy) is 1. The summed E-state index contributed by atoms with van der Waals surface area (Å²) in [6.07, 6.45) is 4.50. The van der Waals surface area contributed by atoms with E-state index in [0.29, 0.717) is 0 Å². The van der Waals surface area contributed by atoms with Crippen molar-refractivity contribution < 1.29 is 4.74 Å². The normalized spacial score (nSPS) is 12.4. The van der Waals surface area contributed by atoms with Gasteiger partial charge in [-0.2, -0.15) is 0 Å². The minimum Gasteiger partial charge on any atom is -0.493 e. The molecule has 90 valence electrons. The van der Waals surface area contributed by atoms with Gasteiger partial charge >= 0.3 is 0 Å². The monoisotopic (exact) mass is 221 g/mol. The van der Waals surface area contributed by atoms with Gasteiger partial charge in [0.2, 0.25) is 0 Å². The summed E-state index contributed by atoms with van der Waals surface area (Å²) in [5.41, 5.74) is 7.17. The minimum absolute atomic E-state index is 0.0855. The van der Waals surface area contributed by atoms with E-state index in [0.717, 1.165) is 30.8 Å². The largest absolute Gasteiger partial charge is 0.493 e. The third-order valence-corrected chi connectivity index (χ3v) is 2.76. The molecular weight excluding hydrogens is 198 g/mol. The number of rotatable bonds is 7. The highest BCUT2D eigenvalue weighted by atomic mass is 16.5. The molecule has 2 heteroatoms. The fourth-order valence-corrected chi connectivity index (χ4v) is 1.67. The molecule has 0 aliphatic carbocycles. The van der Waals surface area contributed by atoms with Crippen molar-refractivity contribution in [2.75, 3.05) is 6.61 Å². The minimum atomic E-state index is 0.0855. The van der Waals surface area contributed by atoms with E-state index in [1.165, 1.54) is 12.8 Å². The molecule has 0 aromatic heterocycles. The third-order valence-electron chi connectivity index (χ3n) is 2.76. The predicted molar refractivity (Wildman–Crippen MR) is 68.7 cm³/mol. The molecular formula is C14H23NO. The van der Waals surface area contributed by atoms with Crippen molar-refractivity contribution in [1.29, 1.82) is 0 Å². The zero-order valence-electron chi connectivity index (χ0n) is 10.4. The second-order valence-electron chi connectivity index (χ2n) is 4.11. The van der Waals surface area contributed by atoms with Crippen molar-refractivity contribution in [2.24, 2.45) is 5.73 Å². The van der Waals surface area contributed by atoms with Gasteiger partial charge in [0.05, 0.1) is 6.61 Å². The Balaban J connectivity index is 2.57. The van der Waals surface area contributed by atoms with E-state index in [1.807, 2.05) is 18.2 Å². The Morgan fingerprint density at radius 2 is 1.94 bits per heavy atom. The van der Waals surface area contributed by atoms with Crippen molar-refractivity contribution in [3.05, 3.63) is 29.8 Å². The second kappa shape index (κ2) is 7.29. The van der Waals surface area contributed by atoms with Crippen LogP contribution in [-0.2, 0) is 0 Å². The SMILES string of the molecule is CCCCCOc1ccccc1[C@@H](N)CC. The molecule has 0 heterocycles. The fourth-order valence-electron chi connectivity index (χ4n) is 1.67. The van der Waals surface area contributed by atoms with E-state index >= 15 is 0 Å². The van der Waals surface area contributed by atoms with Gasteiger partial charge in [0, 0.05) is 11.6 Å². The van der Waals surface area contributed by atoms with Crippen LogP contribution in [0.4, 0.5) is 0 Å². The van der Waals surface area contributed by atoms with Gasteiger partial charge in [0.25, 0.3) is 0 Å². The van der Waals surface area contributed by atoms with Crippen molar-refractivity contribution in [3.63, 3.8) is 0 Å². The zero-order valence-corrected chi connectivity index (χ0v) is 10.4. The van der Waals surface area contributed by atoms with Crippen LogP contribution in [0.1, 0.15) is 51.1 Å². The number of unbranched alkanes of at least 4 members (excludes halogenated alkanes) is 2. The van der Waals surface area contributed by atoms with Gasteiger partial charge in [0.15, 0.2) is 0 Å². The van der Waals surface area contributed by atoms with Crippen LogP contribution < -0.4 is 10.5 Å². The lowest BCUT2D eigenvalue weighted by Crippen LogP contribution is -2.11. The molecule has 0 spiro atoms. The Bertz CT molecular complexity index is 299. The number of nitrogens with two attached hydrogens (primary N) is 1. The molecule has 1 rings (SSSR count). The topological polar surface area (TPSA) is 35.2 Å². The summed E-state index contributed by atoms with van der Waals surface area (Å²) >= 11 is 0. The first-order valence-electron chi connectivity index (χ1n) is 6.26. The maximum absolute atomic E-state index is 6.05. The van der Waals surface area contributed by atoms with Crippen LogP contribution in [0.5, 0.6) is 5.75 Å². The van der Waals surface area contributed by atoms with E-state index in [4.69, 9.17) is 10.5 Å². The Morgan fingerprint density at radius 3 is 2.62 bits per heavy atom. The molecule has 0 aliphatic rings. The molecule has 0 amide bonds. The van der Waals surface area contributed by atoms with Crippen molar-refractivity contribution in [1.82, 2.24) is 0 Å². The van der Waals surface area contributed by atoms with Crippen LogP contribution in [0, 0.1) is 0 Å². The molecule has 0 fully saturated rings. The first kappa shape index (κ1) is 13.0. The first-order valence-corrected chi connectivity index (χ1v) is 6.26. The van der Waals surface area contributed by atoms with Gasteiger partial charge in [-0.1, -0.05) is 44.9 Å². The molecule has 0 aliphatic heterocycles. The number of para-hydroxylation sites is 1. The molecule has 0 bridgehead atoms. The van der Waals surface area contributed by atoms with Crippen LogP contribution in [-0.4, -0.2) is 6.61 Å². The van der Waals surface area contributed by atoms with Crippen molar-refractivity contribution >= 4 is 0 Å². The van der Waals surface area contributed by atoms with Gasteiger partial charge < -0.3 is 10.5 Å². The Labute approximate surface area is 98.8 Å². The van der Waals surface area contributed by atoms with Crippen LogP contribution in [0.15, 0.2) is 24.3 Å². The van der Waals surface area contributed by atoms with Crippen LogP contribution >= 0.6 is 0 Å². The summed E-state index contributed by atoms with van der Waals surface area (Å²) in [4.78, 5) is 0. The van der Waals surface area contributed by atoms with E-state index in [-0.39, 0.29) is 6.04 Å². The van der Waals surface area contributed by atoms with Gasteiger partial charge in [0.1, 0.15) is 5.75 Å². The lowest BCUT2D eigenvalue weighted by atomic mass is 10.0. The fraction of sp³-hybridized carbons (Fsp3) is 0.571. The summed E-state index contributed by atoms with van der Waals surface area (Å²) in [5, 5.41) is 0. The number of benzene rings is 1. The van der Waals surface area contributed by atoms with Crippen LogP contribution in [0.2, 0.25) is 0 Å². The van der Waals surface area contributed by atoms with Crippen LogP contribution in [0.3, 0.4) is 0 Å². The molecule has 0 saturated heterocycles. The maximum Gasteiger partial charge on any atom is 0.124 e. The predicted octanol–water partition coefficient (Wildman–Crippen LogP) is 3.67. The number of hydrogen-bond donors (Lipinski definition) is 1. The van der Waals surface area contributed by atoms with Crippen molar-refractivity contribution in [3.8, 4) is 5.75 Å². The second-order valence-corrected chi connectivity index (χ2v) is 4.11. The summed E-state index contributed by atoms with van der Waals surface area (Å²) in [7, 11) is 0. The smallest absolute Gasteiger partial charge is 0.124 e. The van der Waals surface area contributed by atoms with Gasteiger partial charge in [-0.05, 0) is 18.9 Å². The molecule has 0 unspecified atom stereocenters. The first-order chi connectivity index (χ1) is 7.79. The molecule has 1 aromatic carbocycles. The average molecular weight is 221 g/mol. The van der Waals surface area contributed by atoms with Crippen LogP contribution in [0.25, 0.3) is 0 Å². The summed E-state index contributed by atoms with van der Waals surface area (Å²) in [6, 6.07) is 8.17. The molecule has 2 N–H and O–H groups in total. The molecule has 1 aromatic rings. The number of hydrogen-bond acceptors (Lipinski definition) is 2. The van der Waals surface area contributed by atoms with Gasteiger partial charge in [-0.15, -0.1) is 0 Å². The van der Waals surface area contributed by atoms with Gasteiger partial charge in [-0.25, -0.2) is 0 Å². The molecule has 0 radical (unpaired) electrons. The molecule has 16 heavy (non-hydrogen) atoms. The molecule has 2 nitrogen and oxygen atoms in total. The molecule has 0 saturated carbocycles. The standard InChI is InChI=1S/C14H23NO/c1-3-5-8-11-16-14-10-7-6-9-12(14)13(15)4-2/h6-7,9-10,13H,3-5,8,11,15H2,1-2H3/t13-/m0/s1. The van der Waals surface area contributed by atoms with Crippen molar-refractivity contribution in [2.45, 2.75) is 45.6 Å². The Hall–Kier alpha value is -1.02. The zero-order chi connectivity index (χ0) is 11.8. The lowest BCUT2D eigenvalue weighted by molar-refractivity contribution is 0.301. The Morgan fingerprint density at radius 1 is 1.19 bits per heavy atom.